The zero-order valence-electron chi connectivity index (χ0n) is 14.1. The van der Waals surface area contributed by atoms with Crippen molar-refractivity contribution in [2.24, 2.45) is 0 Å². The second-order valence-electron chi connectivity index (χ2n) is 5.77. The molecule has 7 heteroatoms. The molecule has 134 valence electrons. The number of benzene rings is 2. The first-order chi connectivity index (χ1) is 12.7. The maximum Gasteiger partial charge on any atom is 0.244 e. The van der Waals surface area contributed by atoms with Gasteiger partial charge < -0.3 is 10.6 Å². The molecule has 0 saturated carbocycles. The molecular formula is C19H19ClFN5. The van der Waals surface area contributed by atoms with E-state index in [1.165, 1.54) is 17.7 Å². The summed E-state index contributed by atoms with van der Waals surface area (Å²) in [5, 5.41) is 15.0. The second kappa shape index (κ2) is 9.10. The predicted octanol–water partition coefficient (Wildman–Crippen LogP) is 3.97. The lowest BCUT2D eigenvalue weighted by Crippen LogP contribution is -2.12. The van der Waals surface area contributed by atoms with Crippen LogP contribution < -0.4 is 10.6 Å². The Morgan fingerprint density at radius 2 is 1.46 bits per heavy atom. The number of aromatic nitrogens is 3. The second-order valence-corrected chi connectivity index (χ2v) is 6.21. The molecule has 3 aromatic rings. The summed E-state index contributed by atoms with van der Waals surface area (Å²) in [5.74, 6) is 0.897. The highest BCUT2D eigenvalue weighted by atomic mass is 35.5. The van der Waals surface area contributed by atoms with Crippen molar-refractivity contribution in [3.8, 4) is 0 Å². The van der Waals surface area contributed by atoms with Crippen molar-refractivity contribution in [3.05, 3.63) is 76.7 Å². The van der Waals surface area contributed by atoms with Crippen LogP contribution in [0.25, 0.3) is 0 Å². The van der Waals surface area contributed by atoms with Crippen LogP contribution in [0.3, 0.4) is 0 Å². The number of hydrogen-bond donors (Lipinski definition) is 2. The van der Waals surface area contributed by atoms with Crippen LogP contribution in [0.1, 0.15) is 11.1 Å². The van der Waals surface area contributed by atoms with Crippen molar-refractivity contribution in [2.75, 3.05) is 23.7 Å². The van der Waals surface area contributed by atoms with Crippen molar-refractivity contribution in [2.45, 2.75) is 12.8 Å². The zero-order valence-corrected chi connectivity index (χ0v) is 14.9. The highest BCUT2D eigenvalue weighted by Gasteiger charge is 2.01. The number of anilines is 2. The molecule has 26 heavy (non-hydrogen) atoms. The molecule has 0 radical (unpaired) electrons. The quantitative estimate of drug-likeness (QED) is 0.627. The minimum atomic E-state index is -0.230. The van der Waals surface area contributed by atoms with Crippen LogP contribution in [0, 0.1) is 5.82 Å². The first kappa shape index (κ1) is 18.1. The van der Waals surface area contributed by atoms with Gasteiger partial charge in [-0.05, 0) is 48.2 Å². The third-order valence-electron chi connectivity index (χ3n) is 3.80. The van der Waals surface area contributed by atoms with Gasteiger partial charge >= 0.3 is 0 Å². The Kier molecular flexibility index (Phi) is 6.33. The van der Waals surface area contributed by atoms with Gasteiger partial charge in [0.05, 0.1) is 6.20 Å². The lowest BCUT2D eigenvalue weighted by Gasteiger charge is -2.08. The smallest absolute Gasteiger partial charge is 0.244 e. The van der Waals surface area contributed by atoms with Crippen molar-refractivity contribution in [1.82, 2.24) is 15.2 Å². The Bertz CT molecular complexity index is 757. The Balaban J connectivity index is 1.45. The fourth-order valence-electron chi connectivity index (χ4n) is 2.42. The molecule has 0 aliphatic heterocycles. The van der Waals surface area contributed by atoms with Crippen LogP contribution in [0.2, 0.25) is 5.02 Å². The molecule has 0 aliphatic rings. The van der Waals surface area contributed by atoms with Crippen LogP contribution in [-0.2, 0) is 12.8 Å². The van der Waals surface area contributed by atoms with Gasteiger partial charge in [-0.3, -0.25) is 0 Å². The molecule has 0 spiro atoms. The lowest BCUT2D eigenvalue weighted by atomic mass is 10.1. The number of halogens is 2. The summed E-state index contributed by atoms with van der Waals surface area (Å²) in [6.07, 6.45) is 3.19. The summed E-state index contributed by atoms with van der Waals surface area (Å²) in [6, 6.07) is 14.2. The highest BCUT2D eigenvalue weighted by molar-refractivity contribution is 6.30. The molecule has 0 unspecified atom stereocenters. The average molecular weight is 372 g/mol. The first-order valence-electron chi connectivity index (χ1n) is 8.35. The van der Waals surface area contributed by atoms with Crippen LogP contribution >= 0.6 is 11.6 Å². The number of rotatable bonds is 8. The van der Waals surface area contributed by atoms with Gasteiger partial charge in [-0.15, -0.1) is 5.10 Å². The Hall–Kier alpha value is -2.73. The van der Waals surface area contributed by atoms with Crippen molar-refractivity contribution < 1.29 is 4.39 Å². The molecule has 2 aromatic carbocycles. The summed E-state index contributed by atoms with van der Waals surface area (Å²) in [7, 11) is 0. The van der Waals surface area contributed by atoms with E-state index >= 15 is 0 Å². The molecule has 1 heterocycles. The Morgan fingerprint density at radius 3 is 2.15 bits per heavy atom. The number of nitrogens with zero attached hydrogens (tertiary/aromatic N) is 3. The maximum absolute atomic E-state index is 12.9. The van der Waals surface area contributed by atoms with E-state index in [0.29, 0.717) is 18.3 Å². The Morgan fingerprint density at radius 1 is 0.846 bits per heavy atom. The standard InChI is InChI=1S/C19H19ClFN5/c20-16-5-1-14(2-6-16)9-11-22-18-13-24-26-19(25-18)23-12-10-15-3-7-17(21)8-4-15/h1-8,13H,9-12H2,(H2,22,23,25,26). The molecular weight excluding hydrogens is 353 g/mol. The molecule has 0 bridgehead atoms. The van der Waals surface area contributed by atoms with E-state index in [4.69, 9.17) is 11.6 Å². The van der Waals surface area contributed by atoms with Crippen LogP contribution in [-0.4, -0.2) is 28.3 Å². The molecule has 5 nitrogen and oxygen atoms in total. The van der Waals surface area contributed by atoms with E-state index in [2.05, 4.69) is 25.8 Å². The summed E-state index contributed by atoms with van der Waals surface area (Å²) in [5.41, 5.74) is 2.24. The van der Waals surface area contributed by atoms with Crippen LogP contribution in [0.4, 0.5) is 16.2 Å². The van der Waals surface area contributed by atoms with Crippen LogP contribution in [0.15, 0.2) is 54.7 Å². The first-order valence-corrected chi connectivity index (χ1v) is 8.73. The molecule has 2 N–H and O–H groups in total. The zero-order chi connectivity index (χ0) is 18.2. The van der Waals surface area contributed by atoms with Crippen molar-refractivity contribution >= 4 is 23.4 Å². The van der Waals surface area contributed by atoms with E-state index in [1.54, 1.807) is 18.3 Å². The molecule has 3 rings (SSSR count). The minimum Gasteiger partial charge on any atom is -0.368 e. The predicted molar refractivity (Wildman–Crippen MR) is 102 cm³/mol. The van der Waals surface area contributed by atoms with Gasteiger partial charge in [-0.2, -0.15) is 10.1 Å². The fourth-order valence-corrected chi connectivity index (χ4v) is 2.55. The normalized spacial score (nSPS) is 10.5. The van der Waals surface area contributed by atoms with Gasteiger partial charge in [0.1, 0.15) is 5.82 Å². The monoisotopic (exact) mass is 371 g/mol. The average Bonchev–Trinajstić information content (AvgIpc) is 2.65. The van der Waals surface area contributed by atoms with Gasteiger partial charge in [0.15, 0.2) is 5.82 Å². The van der Waals surface area contributed by atoms with Crippen molar-refractivity contribution in [1.29, 1.82) is 0 Å². The molecule has 0 atom stereocenters. The highest BCUT2D eigenvalue weighted by Crippen LogP contribution is 2.10. The van der Waals surface area contributed by atoms with Crippen molar-refractivity contribution in [3.63, 3.8) is 0 Å². The molecule has 0 amide bonds. The van der Waals surface area contributed by atoms with Gasteiger partial charge in [0, 0.05) is 18.1 Å². The SMILES string of the molecule is Fc1ccc(CCNc2nncc(NCCc3ccc(Cl)cc3)n2)cc1. The molecule has 1 aromatic heterocycles. The third kappa shape index (κ3) is 5.67. The van der Waals surface area contributed by atoms with E-state index in [1.807, 2.05) is 24.3 Å². The topological polar surface area (TPSA) is 62.7 Å². The summed E-state index contributed by atoms with van der Waals surface area (Å²) >= 11 is 5.88. The molecule has 0 saturated heterocycles. The van der Waals surface area contributed by atoms with E-state index < -0.39 is 0 Å². The van der Waals surface area contributed by atoms with Gasteiger partial charge in [0.2, 0.25) is 5.95 Å². The fraction of sp³-hybridized carbons (Fsp3) is 0.211. The summed E-state index contributed by atoms with van der Waals surface area (Å²) in [6.45, 7) is 1.37. The van der Waals surface area contributed by atoms with Gasteiger partial charge in [0.25, 0.3) is 0 Å². The lowest BCUT2D eigenvalue weighted by molar-refractivity contribution is 0.627. The number of nitrogens with one attached hydrogen (secondary N) is 2. The maximum atomic E-state index is 12.9. The third-order valence-corrected chi connectivity index (χ3v) is 4.05. The summed E-state index contributed by atoms with van der Waals surface area (Å²) in [4.78, 5) is 4.39. The van der Waals surface area contributed by atoms with E-state index in [-0.39, 0.29) is 5.82 Å². The van der Waals surface area contributed by atoms with Crippen LogP contribution in [0.5, 0.6) is 0 Å². The van der Waals surface area contributed by atoms with E-state index in [9.17, 15) is 4.39 Å². The Labute approximate surface area is 156 Å². The molecule has 0 fully saturated rings. The summed E-state index contributed by atoms with van der Waals surface area (Å²) < 4.78 is 12.9. The largest absolute Gasteiger partial charge is 0.368 e. The van der Waals surface area contributed by atoms with Gasteiger partial charge in [-0.1, -0.05) is 35.9 Å². The minimum absolute atomic E-state index is 0.230. The van der Waals surface area contributed by atoms with E-state index in [0.717, 1.165) is 30.0 Å². The number of hydrogen-bond acceptors (Lipinski definition) is 5. The van der Waals surface area contributed by atoms with Gasteiger partial charge in [-0.25, -0.2) is 4.39 Å². The molecule has 0 aliphatic carbocycles.